The van der Waals surface area contributed by atoms with Crippen LogP contribution < -0.4 is 20.3 Å². The van der Waals surface area contributed by atoms with Crippen molar-refractivity contribution in [1.82, 2.24) is 15.1 Å². The average molecular weight is 613 g/mol. The van der Waals surface area contributed by atoms with Crippen molar-refractivity contribution in [3.05, 3.63) is 54.7 Å². The molecule has 2 aromatic carbocycles. The van der Waals surface area contributed by atoms with Gasteiger partial charge in [0.2, 0.25) is 0 Å². The summed E-state index contributed by atoms with van der Waals surface area (Å²) in [5.41, 5.74) is 2.95. The van der Waals surface area contributed by atoms with Gasteiger partial charge in [-0.2, -0.15) is 5.10 Å². The maximum atomic E-state index is 12.9. The SMILES string of the molecule is COc1cc(N2CCC(N3CCP(C)(=O)CC3)CC2)ccc1Nc1cc(Nc2ccccc2S(=O)(=O)C(C)C)cnn1. The van der Waals surface area contributed by atoms with Crippen molar-refractivity contribution in [3.63, 3.8) is 0 Å². The van der Waals surface area contributed by atoms with Gasteiger partial charge in [-0.3, -0.25) is 4.90 Å². The van der Waals surface area contributed by atoms with Crippen LogP contribution in [0.15, 0.2) is 59.6 Å². The molecule has 0 amide bonds. The van der Waals surface area contributed by atoms with Gasteiger partial charge in [0.05, 0.1) is 47.7 Å². The Morgan fingerprint density at radius 3 is 2.38 bits per heavy atom. The molecule has 0 radical (unpaired) electrons. The third-order valence-corrected chi connectivity index (χ3v) is 12.8. The molecule has 1 aromatic heterocycles. The topological polar surface area (TPSA) is 117 Å². The molecule has 5 rings (SSSR count). The minimum absolute atomic E-state index is 0.246. The van der Waals surface area contributed by atoms with Gasteiger partial charge >= 0.3 is 0 Å². The Labute approximate surface area is 249 Å². The highest BCUT2D eigenvalue weighted by Crippen LogP contribution is 2.44. The molecule has 2 N–H and O–H groups in total. The fraction of sp³-hybridized carbons (Fsp3) is 0.467. The molecule has 0 unspecified atom stereocenters. The van der Waals surface area contributed by atoms with Crippen molar-refractivity contribution >= 4 is 45.5 Å². The third-order valence-electron chi connectivity index (χ3n) is 8.26. The van der Waals surface area contributed by atoms with Crippen molar-refractivity contribution in [2.24, 2.45) is 0 Å². The van der Waals surface area contributed by atoms with Gasteiger partial charge in [0.15, 0.2) is 15.7 Å². The number of rotatable bonds is 9. The number of piperidine rings is 1. The number of sulfone groups is 1. The van der Waals surface area contributed by atoms with Crippen LogP contribution in [-0.4, -0.2) is 87.1 Å². The van der Waals surface area contributed by atoms with E-state index in [1.807, 2.05) is 18.8 Å². The van der Waals surface area contributed by atoms with E-state index in [4.69, 9.17) is 4.74 Å². The van der Waals surface area contributed by atoms with Crippen LogP contribution in [0.2, 0.25) is 0 Å². The Hall–Kier alpha value is -3.14. The molecule has 12 heteroatoms. The van der Waals surface area contributed by atoms with Crippen molar-refractivity contribution in [1.29, 1.82) is 0 Å². The number of nitrogens with one attached hydrogen (secondary N) is 2. The van der Waals surface area contributed by atoms with Crippen LogP contribution in [0.25, 0.3) is 0 Å². The summed E-state index contributed by atoms with van der Waals surface area (Å²) in [5.74, 6) is 1.19. The first-order valence-electron chi connectivity index (χ1n) is 14.5. The molecule has 0 saturated carbocycles. The van der Waals surface area contributed by atoms with E-state index in [2.05, 4.69) is 36.7 Å². The second-order valence-corrected chi connectivity index (χ2v) is 17.5. The fourth-order valence-corrected chi connectivity index (χ4v) is 8.38. The molecule has 0 spiro atoms. The number of methoxy groups -OCH3 is 1. The zero-order valence-corrected chi connectivity index (χ0v) is 26.5. The van der Waals surface area contributed by atoms with E-state index in [1.165, 1.54) is 0 Å². The lowest BCUT2D eigenvalue weighted by Gasteiger charge is -2.42. The maximum Gasteiger partial charge on any atom is 0.182 e. The maximum absolute atomic E-state index is 12.9. The van der Waals surface area contributed by atoms with Crippen LogP contribution in [-0.2, 0) is 14.4 Å². The van der Waals surface area contributed by atoms with Crippen LogP contribution in [0.1, 0.15) is 26.7 Å². The van der Waals surface area contributed by atoms with Crippen LogP contribution in [0.3, 0.4) is 0 Å². The molecule has 2 aliphatic rings. The highest BCUT2D eigenvalue weighted by atomic mass is 32.2. The summed E-state index contributed by atoms with van der Waals surface area (Å²) in [6, 6.07) is 15.3. The lowest BCUT2D eigenvalue weighted by Crippen LogP contribution is -2.48. The lowest BCUT2D eigenvalue weighted by molar-refractivity contribution is 0.182. The summed E-state index contributed by atoms with van der Waals surface area (Å²) in [4.78, 5) is 5.18. The molecule has 2 fully saturated rings. The largest absolute Gasteiger partial charge is 0.494 e. The van der Waals surface area contributed by atoms with Gasteiger partial charge in [-0.25, -0.2) is 8.42 Å². The normalized spacial score (nSPS) is 18.2. The molecule has 0 bridgehead atoms. The first-order chi connectivity index (χ1) is 20.1. The van der Waals surface area contributed by atoms with Gasteiger partial charge in [-0.15, -0.1) is 5.10 Å². The molecule has 2 saturated heterocycles. The van der Waals surface area contributed by atoms with E-state index >= 15 is 0 Å². The summed E-state index contributed by atoms with van der Waals surface area (Å²) in [7, 11) is -3.73. The van der Waals surface area contributed by atoms with Gasteiger partial charge in [-0.05, 0) is 57.6 Å². The molecule has 3 aromatic rings. The number of benzene rings is 2. The van der Waals surface area contributed by atoms with Gasteiger partial charge in [-0.1, -0.05) is 12.1 Å². The number of para-hydroxylation sites is 1. The van der Waals surface area contributed by atoms with E-state index in [1.54, 1.807) is 57.5 Å². The van der Waals surface area contributed by atoms with Crippen molar-refractivity contribution in [2.75, 3.05) is 67.8 Å². The Morgan fingerprint density at radius 1 is 0.976 bits per heavy atom. The van der Waals surface area contributed by atoms with Gasteiger partial charge in [0.1, 0.15) is 5.75 Å². The molecule has 226 valence electrons. The Kier molecular flexibility index (Phi) is 9.11. The summed E-state index contributed by atoms with van der Waals surface area (Å²) in [6.07, 6.45) is 5.42. The lowest BCUT2D eigenvalue weighted by atomic mass is 10.0. The van der Waals surface area contributed by atoms with Crippen LogP contribution in [0, 0.1) is 0 Å². The molecule has 3 heterocycles. The Bertz CT molecular complexity index is 1550. The number of aromatic nitrogens is 2. The minimum Gasteiger partial charge on any atom is -0.494 e. The van der Waals surface area contributed by atoms with Crippen LogP contribution in [0.4, 0.5) is 28.6 Å². The molecular weight excluding hydrogens is 571 g/mol. The van der Waals surface area contributed by atoms with Crippen molar-refractivity contribution < 1.29 is 17.7 Å². The number of hydrogen-bond donors (Lipinski definition) is 2. The number of anilines is 5. The highest BCUT2D eigenvalue weighted by Gasteiger charge is 2.31. The third kappa shape index (κ3) is 6.90. The van der Waals surface area contributed by atoms with Crippen LogP contribution in [0.5, 0.6) is 5.75 Å². The molecule has 0 aliphatic carbocycles. The zero-order chi connectivity index (χ0) is 29.9. The average Bonchev–Trinajstić information content (AvgIpc) is 2.98. The van der Waals surface area contributed by atoms with E-state index in [-0.39, 0.29) is 4.90 Å². The zero-order valence-electron chi connectivity index (χ0n) is 24.8. The number of nitrogens with zero attached hydrogens (tertiary/aromatic N) is 4. The first-order valence-corrected chi connectivity index (χ1v) is 18.5. The molecular formula is C30H41N6O4PS. The van der Waals surface area contributed by atoms with Crippen LogP contribution >= 0.6 is 7.14 Å². The van der Waals surface area contributed by atoms with E-state index in [0.717, 1.165) is 62.7 Å². The van der Waals surface area contributed by atoms with E-state index < -0.39 is 22.2 Å². The number of ether oxygens (including phenoxy) is 1. The monoisotopic (exact) mass is 612 g/mol. The smallest absolute Gasteiger partial charge is 0.182 e. The van der Waals surface area contributed by atoms with E-state index in [0.29, 0.717) is 29.0 Å². The van der Waals surface area contributed by atoms with Gasteiger partial charge < -0.3 is 24.8 Å². The molecule has 2 aliphatic heterocycles. The summed E-state index contributed by atoms with van der Waals surface area (Å²) >= 11 is 0. The molecule has 42 heavy (non-hydrogen) atoms. The first kappa shape index (κ1) is 30.3. The number of hydrogen-bond acceptors (Lipinski definition) is 10. The predicted octanol–water partition coefficient (Wildman–Crippen LogP) is 5.43. The van der Waals surface area contributed by atoms with Crippen molar-refractivity contribution in [3.8, 4) is 5.75 Å². The summed E-state index contributed by atoms with van der Waals surface area (Å²) in [5, 5.41) is 14.3. The summed E-state index contributed by atoms with van der Waals surface area (Å²) < 4.78 is 43.8. The van der Waals surface area contributed by atoms with Crippen molar-refractivity contribution in [2.45, 2.75) is 42.9 Å². The standard InChI is InChI=1S/C30H41N6O4PS/c1-22(2)42(38,39)29-8-6-5-7-27(29)32-23-19-30(34-31-21-23)33-26-10-9-25(20-28(26)40-3)35-13-11-24(12-14-35)36-15-17-41(4,37)18-16-36/h5-10,19-22,24H,11-18H2,1-4H3,(H2,32,33,34). The fourth-order valence-electron chi connectivity index (χ4n) is 5.60. The Morgan fingerprint density at radius 2 is 1.69 bits per heavy atom. The predicted molar refractivity (Wildman–Crippen MR) is 170 cm³/mol. The highest BCUT2D eigenvalue weighted by molar-refractivity contribution is 7.92. The molecule has 0 atom stereocenters. The minimum atomic E-state index is -3.47. The molecule has 10 nitrogen and oxygen atoms in total. The van der Waals surface area contributed by atoms with Gasteiger partial charge in [0.25, 0.3) is 0 Å². The quantitative estimate of drug-likeness (QED) is 0.303. The second kappa shape index (κ2) is 12.6. The van der Waals surface area contributed by atoms with Gasteiger partial charge in [0, 0.05) is 62.4 Å². The second-order valence-electron chi connectivity index (χ2n) is 11.6. The Balaban J connectivity index is 1.25. The van der Waals surface area contributed by atoms with E-state index in [9.17, 15) is 13.0 Å². The summed E-state index contributed by atoms with van der Waals surface area (Å²) in [6.45, 7) is 9.13.